The van der Waals surface area contributed by atoms with Gasteiger partial charge in [-0.05, 0) is 68.7 Å². The third-order valence-corrected chi connectivity index (χ3v) is 4.82. The van der Waals surface area contributed by atoms with Crippen molar-refractivity contribution in [3.05, 3.63) is 22.4 Å². The first kappa shape index (κ1) is 16.7. The number of rotatable bonds is 9. The minimum atomic E-state index is 0.181. The van der Waals surface area contributed by atoms with E-state index in [0.29, 0.717) is 6.04 Å². The first-order valence-corrected chi connectivity index (χ1v) is 8.49. The third-order valence-electron chi connectivity index (χ3n) is 4.09. The van der Waals surface area contributed by atoms with Crippen LogP contribution in [0.2, 0.25) is 0 Å². The fourth-order valence-corrected chi connectivity index (χ4v) is 3.48. The van der Waals surface area contributed by atoms with Crippen molar-refractivity contribution in [2.45, 2.75) is 59.0 Å². The van der Waals surface area contributed by atoms with Crippen LogP contribution in [0.1, 0.15) is 46.6 Å². The number of likely N-dealkylation sites (N-methyl/N-ethyl adjacent to an activating group) is 1. The quantitative estimate of drug-likeness (QED) is 0.741. The predicted molar refractivity (Wildman–Crippen MR) is 87.1 cm³/mol. The van der Waals surface area contributed by atoms with Gasteiger partial charge in [0.2, 0.25) is 0 Å². The number of thiophene rings is 1. The summed E-state index contributed by atoms with van der Waals surface area (Å²) in [5, 5.41) is 8.21. The Morgan fingerprint density at radius 3 is 2.42 bits per heavy atom. The average molecular weight is 282 g/mol. The zero-order chi connectivity index (χ0) is 14.3. The lowest BCUT2D eigenvalue weighted by atomic mass is 9.87. The van der Waals surface area contributed by atoms with Crippen LogP contribution in [0.3, 0.4) is 0 Å². The van der Waals surface area contributed by atoms with E-state index in [-0.39, 0.29) is 5.54 Å². The molecule has 0 saturated carbocycles. The maximum Gasteiger partial charge on any atom is 0.0309 e. The highest BCUT2D eigenvalue weighted by Crippen LogP contribution is 2.23. The molecule has 0 aromatic carbocycles. The van der Waals surface area contributed by atoms with Crippen molar-refractivity contribution in [3.8, 4) is 0 Å². The number of nitrogens with one attached hydrogen (secondary N) is 1. The van der Waals surface area contributed by atoms with E-state index in [1.165, 1.54) is 12.0 Å². The van der Waals surface area contributed by atoms with Crippen LogP contribution in [-0.2, 0) is 6.42 Å². The van der Waals surface area contributed by atoms with Gasteiger partial charge in [0, 0.05) is 11.6 Å². The van der Waals surface area contributed by atoms with Crippen LogP contribution in [-0.4, -0.2) is 36.1 Å². The van der Waals surface area contributed by atoms with Gasteiger partial charge in [-0.2, -0.15) is 11.3 Å². The molecule has 19 heavy (non-hydrogen) atoms. The lowest BCUT2D eigenvalue weighted by Crippen LogP contribution is -2.58. The van der Waals surface area contributed by atoms with Crippen molar-refractivity contribution in [1.82, 2.24) is 10.2 Å². The van der Waals surface area contributed by atoms with Gasteiger partial charge in [0.15, 0.2) is 0 Å². The van der Waals surface area contributed by atoms with Crippen LogP contribution in [0.5, 0.6) is 0 Å². The van der Waals surface area contributed by atoms with E-state index in [0.717, 1.165) is 26.1 Å². The van der Waals surface area contributed by atoms with Crippen LogP contribution in [0.4, 0.5) is 0 Å². The standard InChI is InChI=1S/C16H30N2S/c1-6-10-17-15(12-14-9-11-19-13-14)16(4,5)18(7-2)8-3/h9,11,13,15,17H,6-8,10,12H2,1-5H3. The predicted octanol–water partition coefficient (Wildman–Crippen LogP) is 3.78. The monoisotopic (exact) mass is 282 g/mol. The molecule has 1 rings (SSSR count). The molecule has 1 unspecified atom stereocenters. The summed E-state index contributed by atoms with van der Waals surface area (Å²) >= 11 is 1.79. The first-order chi connectivity index (χ1) is 9.06. The maximum atomic E-state index is 3.76. The SMILES string of the molecule is CCCNC(Cc1ccsc1)C(C)(C)N(CC)CC. The molecule has 0 aliphatic rings. The molecular formula is C16H30N2S. The molecule has 0 spiro atoms. The van der Waals surface area contributed by atoms with Crippen molar-refractivity contribution in [1.29, 1.82) is 0 Å². The molecule has 1 atom stereocenters. The van der Waals surface area contributed by atoms with E-state index in [4.69, 9.17) is 0 Å². The third kappa shape index (κ3) is 4.59. The van der Waals surface area contributed by atoms with Gasteiger partial charge >= 0.3 is 0 Å². The summed E-state index contributed by atoms with van der Waals surface area (Å²) in [6, 6.07) is 2.76. The van der Waals surface area contributed by atoms with Crippen LogP contribution < -0.4 is 5.32 Å². The van der Waals surface area contributed by atoms with Crippen LogP contribution in [0.15, 0.2) is 16.8 Å². The second-order valence-corrected chi connectivity index (χ2v) is 6.45. The van der Waals surface area contributed by atoms with Crippen LogP contribution >= 0.6 is 11.3 Å². The van der Waals surface area contributed by atoms with E-state index in [1.807, 2.05) is 0 Å². The molecule has 3 heteroatoms. The molecule has 2 nitrogen and oxygen atoms in total. The number of nitrogens with zero attached hydrogens (tertiary/aromatic N) is 1. The van der Waals surface area contributed by atoms with Crippen molar-refractivity contribution < 1.29 is 0 Å². The molecule has 0 aliphatic heterocycles. The van der Waals surface area contributed by atoms with Crippen LogP contribution in [0.25, 0.3) is 0 Å². The minimum absolute atomic E-state index is 0.181. The van der Waals surface area contributed by atoms with Gasteiger partial charge in [0.1, 0.15) is 0 Å². The average Bonchev–Trinajstić information content (AvgIpc) is 2.88. The highest BCUT2D eigenvalue weighted by molar-refractivity contribution is 7.07. The Morgan fingerprint density at radius 2 is 1.95 bits per heavy atom. The zero-order valence-electron chi connectivity index (χ0n) is 13.2. The Kier molecular flexibility index (Phi) is 7.05. The Morgan fingerprint density at radius 1 is 1.26 bits per heavy atom. The van der Waals surface area contributed by atoms with Gasteiger partial charge in [-0.15, -0.1) is 0 Å². The molecule has 0 aliphatic carbocycles. The second-order valence-electron chi connectivity index (χ2n) is 5.67. The molecule has 1 aromatic heterocycles. The van der Waals surface area contributed by atoms with Crippen molar-refractivity contribution in [2.75, 3.05) is 19.6 Å². The molecule has 1 N–H and O–H groups in total. The van der Waals surface area contributed by atoms with Crippen molar-refractivity contribution in [3.63, 3.8) is 0 Å². The Balaban J connectivity index is 2.81. The van der Waals surface area contributed by atoms with Crippen LogP contribution in [0, 0.1) is 0 Å². The fraction of sp³-hybridized carbons (Fsp3) is 0.750. The molecule has 0 radical (unpaired) electrons. The molecule has 0 amide bonds. The normalized spacial score (nSPS) is 14.0. The second kappa shape index (κ2) is 8.03. The topological polar surface area (TPSA) is 15.3 Å². The van der Waals surface area contributed by atoms with Crippen molar-refractivity contribution >= 4 is 11.3 Å². The lowest BCUT2D eigenvalue weighted by molar-refractivity contribution is 0.0912. The highest BCUT2D eigenvalue weighted by Gasteiger charge is 2.33. The van der Waals surface area contributed by atoms with E-state index in [9.17, 15) is 0 Å². The van der Waals surface area contributed by atoms with E-state index in [1.54, 1.807) is 11.3 Å². The highest BCUT2D eigenvalue weighted by atomic mass is 32.1. The summed E-state index contributed by atoms with van der Waals surface area (Å²) < 4.78 is 0. The Hall–Kier alpha value is -0.380. The zero-order valence-corrected chi connectivity index (χ0v) is 14.0. The van der Waals surface area contributed by atoms with Gasteiger partial charge in [0.05, 0.1) is 0 Å². The minimum Gasteiger partial charge on any atom is -0.312 e. The van der Waals surface area contributed by atoms with E-state index < -0.39 is 0 Å². The Labute approximate surface area is 123 Å². The molecule has 0 saturated heterocycles. The molecule has 1 aromatic rings. The number of hydrogen-bond acceptors (Lipinski definition) is 3. The first-order valence-electron chi connectivity index (χ1n) is 7.55. The van der Waals surface area contributed by atoms with E-state index in [2.05, 4.69) is 61.7 Å². The van der Waals surface area contributed by atoms with Gasteiger partial charge in [0.25, 0.3) is 0 Å². The van der Waals surface area contributed by atoms with E-state index >= 15 is 0 Å². The molecule has 0 fully saturated rings. The molecule has 0 bridgehead atoms. The number of hydrogen-bond donors (Lipinski definition) is 1. The molecule has 110 valence electrons. The van der Waals surface area contributed by atoms with Gasteiger partial charge in [-0.25, -0.2) is 0 Å². The summed E-state index contributed by atoms with van der Waals surface area (Å²) in [6.07, 6.45) is 2.31. The summed E-state index contributed by atoms with van der Waals surface area (Å²) in [6.45, 7) is 14.8. The van der Waals surface area contributed by atoms with Crippen molar-refractivity contribution in [2.24, 2.45) is 0 Å². The van der Waals surface area contributed by atoms with Gasteiger partial charge in [-0.1, -0.05) is 20.8 Å². The maximum absolute atomic E-state index is 3.76. The smallest absolute Gasteiger partial charge is 0.0309 e. The fourth-order valence-electron chi connectivity index (χ4n) is 2.79. The molecule has 1 heterocycles. The summed E-state index contributed by atoms with van der Waals surface area (Å²) in [7, 11) is 0. The Bertz CT molecular complexity index is 329. The van der Waals surface area contributed by atoms with Gasteiger partial charge < -0.3 is 5.32 Å². The largest absolute Gasteiger partial charge is 0.312 e. The molecular weight excluding hydrogens is 252 g/mol. The summed E-state index contributed by atoms with van der Waals surface area (Å²) in [5.41, 5.74) is 1.64. The van der Waals surface area contributed by atoms with Gasteiger partial charge in [-0.3, -0.25) is 4.90 Å². The summed E-state index contributed by atoms with van der Waals surface area (Å²) in [5.74, 6) is 0. The summed E-state index contributed by atoms with van der Waals surface area (Å²) in [4.78, 5) is 2.56. The lowest BCUT2D eigenvalue weighted by Gasteiger charge is -2.44.